The van der Waals surface area contributed by atoms with Crippen molar-refractivity contribution in [1.82, 2.24) is 0 Å². The van der Waals surface area contributed by atoms with E-state index in [0.717, 1.165) is 32.1 Å². The summed E-state index contributed by atoms with van der Waals surface area (Å²) >= 11 is 0. The summed E-state index contributed by atoms with van der Waals surface area (Å²) in [4.78, 5) is 24.6. The number of allylic oxidation sites excluding steroid dienone is 2. The van der Waals surface area contributed by atoms with E-state index in [9.17, 15) is 19.8 Å². The van der Waals surface area contributed by atoms with Crippen molar-refractivity contribution in [3.63, 3.8) is 0 Å². The number of ketones is 2. The quantitative estimate of drug-likeness (QED) is 0.303. The summed E-state index contributed by atoms with van der Waals surface area (Å²) in [5.41, 5.74) is 4.66. The number of methoxy groups -OCH3 is 2. The first-order chi connectivity index (χ1) is 18.8. The number of carbonyl (C=O) groups excluding carboxylic acids is 2. The lowest BCUT2D eigenvalue weighted by molar-refractivity contribution is -0.126. The fraction of sp³-hybridized carbons (Fsp3) is 0.333. The highest BCUT2D eigenvalue weighted by molar-refractivity contribution is 6.12. The predicted octanol–water partition coefficient (Wildman–Crippen LogP) is 6.38. The van der Waals surface area contributed by atoms with E-state index in [1.807, 2.05) is 12.1 Å². The first-order valence-electron chi connectivity index (χ1n) is 13.4. The number of benzene rings is 3. The number of phenols is 2. The molecule has 3 unspecified atom stereocenters. The molecule has 3 aliphatic carbocycles. The van der Waals surface area contributed by atoms with Crippen LogP contribution >= 0.6 is 0 Å². The molecule has 3 aromatic carbocycles. The second-order valence-electron chi connectivity index (χ2n) is 10.7. The number of hydrogen-bond donors (Lipinski definition) is 2. The zero-order chi connectivity index (χ0) is 27.7. The Kier molecular flexibility index (Phi) is 7.21. The Morgan fingerprint density at radius 1 is 0.974 bits per heavy atom. The van der Waals surface area contributed by atoms with E-state index in [2.05, 4.69) is 19.1 Å². The fourth-order valence-corrected chi connectivity index (χ4v) is 6.55. The molecule has 3 aliphatic rings. The summed E-state index contributed by atoms with van der Waals surface area (Å²) in [6, 6.07) is 17.5. The van der Waals surface area contributed by atoms with Gasteiger partial charge < -0.3 is 19.7 Å². The van der Waals surface area contributed by atoms with Gasteiger partial charge in [0.2, 0.25) is 5.78 Å². The van der Waals surface area contributed by atoms with Gasteiger partial charge in [0.1, 0.15) is 34.3 Å². The lowest BCUT2D eigenvalue weighted by Crippen LogP contribution is -2.37. The van der Waals surface area contributed by atoms with Crippen molar-refractivity contribution in [1.29, 1.82) is 0 Å². The number of rotatable bonds is 4. The van der Waals surface area contributed by atoms with Gasteiger partial charge in [0.25, 0.3) is 0 Å². The van der Waals surface area contributed by atoms with Gasteiger partial charge in [-0.05, 0) is 54.9 Å². The molecule has 0 heterocycles. The average Bonchev–Trinajstić information content (AvgIpc) is 3.26. The Balaban J connectivity index is 0.000000158. The Morgan fingerprint density at radius 3 is 2.46 bits per heavy atom. The zero-order valence-electron chi connectivity index (χ0n) is 22.6. The molecule has 6 rings (SSSR count). The topological polar surface area (TPSA) is 93.1 Å². The maximum absolute atomic E-state index is 12.4. The Labute approximate surface area is 228 Å². The van der Waals surface area contributed by atoms with Crippen LogP contribution in [0.3, 0.4) is 0 Å². The van der Waals surface area contributed by atoms with Gasteiger partial charge in [-0.3, -0.25) is 9.59 Å². The van der Waals surface area contributed by atoms with E-state index in [1.54, 1.807) is 36.4 Å². The van der Waals surface area contributed by atoms with Crippen molar-refractivity contribution >= 4 is 11.6 Å². The molecule has 0 bridgehead atoms. The molecule has 0 spiro atoms. The molecule has 39 heavy (non-hydrogen) atoms. The van der Waals surface area contributed by atoms with Gasteiger partial charge in [-0.25, -0.2) is 0 Å². The van der Waals surface area contributed by atoms with Crippen molar-refractivity contribution in [2.45, 2.75) is 44.9 Å². The highest BCUT2D eigenvalue weighted by Gasteiger charge is 2.52. The third-order valence-corrected chi connectivity index (χ3v) is 8.66. The summed E-state index contributed by atoms with van der Waals surface area (Å²) in [5, 5.41) is 19.6. The number of carbonyl (C=O) groups is 2. The van der Waals surface area contributed by atoms with E-state index in [4.69, 9.17) is 9.47 Å². The van der Waals surface area contributed by atoms with Crippen LogP contribution in [0.1, 0.15) is 65.6 Å². The molecule has 0 saturated heterocycles. The molecule has 3 atom stereocenters. The second-order valence-corrected chi connectivity index (χ2v) is 10.7. The van der Waals surface area contributed by atoms with Crippen LogP contribution in [0.2, 0.25) is 0 Å². The molecule has 2 N–H and O–H groups in total. The first-order valence-corrected chi connectivity index (χ1v) is 13.4. The second kappa shape index (κ2) is 10.6. The monoisotopic (exact) mass is 526 g/mol. The molecule has 6 nitrogen and oxygen atoms in total. The van der Waals surface area contributed by atoms with Gasteiger partial charge >= 0.3 is 0 Å². The van der Waals surface area contributed by atoms with E-state index in [-0.39, 0.29) is 28.3 Å². The van der Waals surface area contributed by atoms with Crippen LogP contribution in [-0.4, -0.2) is 36.0 Å². The molecule has 6 heteroatoms. The van der Waals surface area contributed by atoms with Crippen molar-refractivity contribution in [3.8, 4) is 23.0 Å². The maximum atomic E-state index is 12.4. The SMILES string of the molecule is CC12CCC3C(=CCc4cc(O)ccc43)C1CCC2=O.COc1cc(O)c(C(=O)c2ccccc2)c(OC)c1. The fourth-order valence-electron chi connectivity index (χ4n) is 6.55. The van der Waals surface area contributed by atoms with Crippen molar-refractivity contribution in [2.24, 2.45) is 11.3 Å². The Hall–Kier alpha value is -4.06. The summed E-state index contributed by atoms with van der Waals surface area (Å²) in [7, 11) is 2.92. The van der Waals surface area contributed by atoms with Gasteiger partial charge in [0.15, 0.2) is 0 Å². The maximum Gasteiger partial charge on any atom is 0.200 e. The standard InChI is InChI=1S/C18H20O2.C15H14O4/c1-18-9-8-14-13-5-3-12(19)10-11(13)2-4-15(14)16(18)6-7-17(18)20;1-18-11-8-12(16)14(13(9-11)19-2)15(17)10-6-4-3-5-7-10/h3-5,10,14,16,19H,2,6-9H2,1H3;3-9,16H,1-2H3. The molecule has 2 saturated carbocycles. The normalized spacial score (nSPS) is 22.8. The van der Waals surface area contributed by atoms with Gasteiger partial charge in [0, 0.05) is 35.4 Å². The number of fused-ring (bicyclic) bond motifs is 5. The highest BCUT2D eigenvalue weighted by Crippen LogP contribution is 2.57. The minimum atomic E-state index is -0.294. The summed E-state index contributed by atoms with van der Waals surface area (Å²) < 4.78 is 10.2. The molecule has 2 fully saturated rings. The molecule has 0 radical (unpaired) electrons. The van der Waals surface area contributed by atoms with E-state index < -0.39 is 0 Å². The Morgan fingerprint density at radius 2 is 1.74 bits per heavy atom. The Bertz CT molecular complexity index is 1440. The summed E-state index contributed by atoms with van der Waals surface area (Å²) in [5.74, 6) is 2.02. The van der Waals surface area contributed by atoms with Crippen LogP contribution in [0.25, 0.3) is 0 Å². The van der Waals surface area contributed by atoms with Gasteiger partial charge in [-0.1, -0.05) is 55.0 Å². The van der Waals surface area contributed by atoms with Crippen LogP contribution in [0.4, 0.5) is 0 Å². The number of ether oxygens (including phenoxy) is 2. The lowest BCUT2D eigenvalue weighted by Gasteiger charge is -2.43. The van der Waals surface area contributed by atoms with E-state index >= 15 is 0 Å². The van der Waals surface area contributed by atoms with Crippen molar-refractivity contribution in [3.05, 3.63) is 94.6 Å². The molecule has 202 valence electrons. The first kappa shape index (κ1) is 26.5. The van der Waals surface area contributed by atoms with Gasteiger partial charge in [-0.2, -0.15) is 0 Å². The minimum absolute atomic E-state index is 0.100. The number of phenolic OH excluding ortho intramolecular Hbond substituents is 2. The predicted molar refractivity (Wildman–Crippen MR) is 149 cm³/mol. The zero-order valence-corrected chi connectivity index (χ0v) is 22.6. The molecule has 0 aliphatic heterocycles. The van der Waals surface area contributed by atoms with Gasteiger partial charge in [0.05, 0.1) is 14.2 Å². The van der Waals surface area contributed by atoms with Crippen molar-refractivity contribution < 1.29 is 29.3 Å². The van der Waals surface area contributed by atoms with E-state index in [1.165, 1.54) is 37.0 Å². The highest BCUT2D eigenvalue weighted by atomic mass is 16.5. The smallest absolute Gasteiger partial charge is 0.200 e. The summed E-state index contributed by atoms with van der Waals surface area (Å²) in [6.45, 7) is 2.18. The minimum Gasteiger partial charge on any atom is -0.508 e. The third-order valence-electron chi connectivity index (χ3n) is 8.66. The summed E-state index contributed by atoms with van der Waals surface area (Å²) in [6.07, 6.45) is 7.11. The molecular formula is C33H34O6. The number of hydrogen-bond acceptors (Lipinski definition) is 6. The third kappa shape index (κ3) is 4.80. The number of Topliss-reactive ketones (excluding diaryl/α,β-unsaturated/α-hetero) is 1. The molecule has 3 aromatic rings. The molecular weight excluding hydrogens is 492 g/mol. The van der Waals surface area contributed by atoms with Crippen LogP contribution in [0.5, 0.6) is 23.0 Å². The largest absolute Gasteiger partial charge is 0.508 e. The van der Waals surface area contributed by atoms with Gasteiger partial charge in [-0.15, -0.1) is 0 Å². The van der Waals surface area contributed by atoms with Crippen LogP contribution in [-0.2, 0) is 11.2 Å². The van der Waals surface area contributed by atoms with Crippen LogP contribution in [0, 0.1) is 11.3 Å². The number of aromatic hydroxyl groups is 2. The van der Waals surface area contributed by atoms with Crippen molar-refractivity contribution in [2.75, 3.05) is 14.2 Å². The lowest BCUT2D eigenvalue weighted by atomic mass is 9.60. The average molecular weight is 527 g/mol. The molecule has 0 aromatic heterocycles. The van der Waals surface area contributed by atoms with E-state index in [0.29, 0.717) is 34.7 Å². The molecule has 0 amide bonds. The van der Waals surface area contributed by atoms with Crippen LogP contribution in [0.15, 0.2) is 72.3 Å². The van der Waals surface area contributed by atoms with Crippen LogP contribution < -0.4 is 9.47 Å².